The van der Waals surface area contributed by atoms with Crippen LogP contribution < -0.4 is 10.1 Å². The lowest BCUT2D eigenvalue weighted by Crippen LogP contribution is -2.62. The Morgan fingerprint density at radius 1 is 1.39 bits per heavy atom. The van der Waals surface area contributed by atoms with E-state index in [0.29, 0.717) is 11.8 Å². The van der Waals surface area contributed by atoms with Gasteiger partial charge in [0.05, 0.1) is 0 Å². The fourth-order valence-electron chi connectivity index (χ4n) is 2.64. The molecule has 1 aromatic rings. The van der Waals surface area contributed by atoms with E-state index in [4.69, 9.17) is 4.74 Å². The van der Waals surface area contributed by atoms with Crippen LogP contribution in [0.2, 0.25) is 0 Å². The van der Waals surface area contributed by atoms with Gasteiger partial charge in [0.1, 0.15) is 11.9 Å². The molecule has 1 N–H and O–H groups in total. The topological polar surface area (TPSA) is 21.3 Å². The predicted octanol–water partition coefficient (Wildman–Crippen LogP) is 3.12. The van der Waals surface area contributed by atoms with E-state index in [1.54, 1.807) is 0 Å². The summed E-state index contributed by atoms with van der Waals surface area (Å²) in [5, 5.41) is 3.27. The third-order valence-electron chi connectivity index (χ3n) is 4.26. The molecule has 1 aliphatic rings. The molecule has 2 nitrogen and oxygen atoms in total. The molecule has 1 fully saturated rings. The number of halogens is 2. The standard InChI is InChI=1S/C14H19F2NO/c1-4-14(2)12(17-3)8-13(14)18-9-5-6-10(15)11(16)7-9/h5-7,12-13,17H,4,8H2,1-3H3. The first-order chi connectivity index (χ1) is 8.51. The maximum Gasteiger partial charge on any atom is 0.162 e. The zero-order valence-corrected chi connectivity index (χ0v) is 11.0. The monoisotopic (exact) mass is 255 g/mol. The van der Waals surface area contributed by atoms with Crippen molar-refractivity contribution in [1.29, 1.82) is 0 Å². The van der Waals surface area contributed by atoms with Crippen LogP contribution in [0.3, 0.4) is 0 Å². The van der Waals surface area contributed by atoms with Gasteiger partial charge in [-0.3, -0.25) is 0 Å². The molecule has 1 saturated carbocycles. The first-order valence-electron chi connectivity index (χ1n) is 6.30. The number of ether oxygens (including phenoxy) is 1. The fraction of sp³-hybridized carbons (Fsp3) is 0.571. The Hall–Kier alpha value is -1.16. The summed E-state index contributed by atoms with van der Waals surface area (Å²) in [7, 11) is 1.94. The van der Waals surface area contributed by atoms with Crippen molar-refractivity contribution >= 4 is 0 Å². The molecule has 0 aliphatic heterocycles. The summed E-state index contributed by atoms with van der Waals surface area (Å²) < 4.78 is 31.7. The van der Waals surface area contributed by atoms with Gasteiger partial charge in [-0.1, -0.05) is 13.8 Å². The number of hydrogen-bond donors (Lipinski definition) is 1. The van der Waals surface area contributed by atoms with Crippen LogP contribution in [0.4, 0.5) is 8.78 Å². The van der Waals surface area contributed by atoms with Gasteiger partial charge < -0.3 is 10.1 Å². The number of benzene rings is 1. The van der Waals surface area contributed by atoms with Crippen LogP contribution in [-0.2, 0) is 0 Å². The van der Waals surface area contributed by atoms with Gasteiger partial charge in [0, 0.05) is 23.9 Å². The highest BCUT2D eigenvalue weighted by Gasteiger charge is 2.51. The Labute approximate surface area is 106 Å². The Bertz CT molecular complexity index is 438. The molecule has 3 atom stereocenters. The molecule has 0 radical (unpaired) electrons. The van der Waals surface area contributed by atoms with Crippen LogP contribution >= 0.6 is 0 Å². The Morgan fingerprint density at radius 3 is 2.67 bits per heavy atom. The molecule has 4 heteroatoms. The van der Waals surface area contributed by atoms with Crippen LogP contribution in [0.5, 0.6) is 5.75 Å². The molecule has 0 saturated heterocycles. The van der Waals surface area contributed by atoms with Crippen LogP contribution in [-0.4, -0.2) is 19.2 Å². The first kappa shape index (κ1) is 13.3. The quantitative estimate of drug-likeness (QED) is 0.892. The molecule has 1 aliphatic carbocycles. The summed E-state index contributed by atoms with van der Waals surface area (Å²) in [6.07, 6.45) is 1.91. The zero-order chi connectivity index (χ0) is 13.3. The molecular formula is C14H19F2NO. The molecule has 1 aromatic carbocycles. The average Bonchev–Trinajstić information content (AvgIpc) is 2.37. The number of nitrogens with one attached hydrogen (secondary N) is 1. The van der Waals surface area contributed by atoms with E-state index in [9.17, 15) is 8.78 Å². The van der Waals surface area contributed by atoms with Crippen LogP contribution in [0.25, 0.3) is 0 Å². The van der Waals surface area contributed by atoms with Gasteiger partial charge >= 0.3 is 0 Å². The zero-order valence-electron chi connectivity index (χ0n) is 11.0. The van der Waals surface area contributed by atoms with Gasteiger partial charge in [-0.25, -0.2) is 8.78 Å². The van der Waals surface area contributed by atoms with E-state index >= 15 is 0 Å². The highest BCUT2D eigenvalue weighted by molar-refractivity contribution is 5.25. The van der Waals surface area contributed by atoms with Crippen molar-refractivity contribution in [2.24, 2.45) is 5.41 Å². The summed E-state index contributed by atoms with van der Waals surface area (Å²) in [4.78, 5) is 0. The average molecular weight is 255 g/mol. The van der Waals surface area contributed by atoms with E-state index in [2.05, 4.69) is 19.2 Å². The van der Waals surface area contributed by atoms with Gasteiger partial charge in [0.15, 0.2) is 11.6 Å². The molecule has 0 heterocycles. The second-order valence-corrected chi connectivity index (χ2v) is 5.12. The highest BCUT2D eigenvalue weighted by atomic mass is 19.2. The van der Waals surface area contributed by atoms with Gasteiger partial charge in [0.25, 0.3) is 0 Å². The van der Waals surface area contributed by atoms with Crippen molar-refractivity contribution in [3.8, 4) is 5.75 Å². The van der Waals surface area contributed by atoms with Gasteiger partial charge in [0.2, 0.25) is 0 Å². The Balaban J connectivity index is 2.08. The third kappa shape index (κ3) is 2.09. The number of rotatable bonds is 4. The van der Waals surface area contributed by atoms with E-state index in [1.165, 1.54) is 6.07 Å². The van der Waals surface area contributed by atoms with Crippen LogP contribution in [0.1, 0.15) is 26.7 Å². The van der Waals surface area contributed by atoms with Crippen molar-refractivity contribution in [1.82, 2.24) is 5.32 Å². The number of hydrogen-bond acceptors (Lipinski definition) is 2. The SMILES string of the molecule is CCC1(C)C(NC)CC1Oc1ccc(F)c(F)c1. The minimum Gasteiger partial charge on any atom is -0.490 e. The van der Waals surface area contributed by atoms with Crippen molar-refractivity contribution in [2.45, 2.75) is 38.8 Å². The summed E-state index contributed by atoms with van der Waals surface area (Å²) in [5.41, 5.74) is 0.0413. The molecule has 0 spiro atoms. The van der Waals surface area contributed by atoms with E-state index in [1.807, 2.05) is 7.05 Å². The van der Waals surface area contributed by atoms with E-state index in [-0.39, 0.29) is 11.5 Å². The maximum atomic E-state index is 13.1. The van der Waals surface area contributed by atoms with Crippen molar-refractivity contribution in [2.75, 3.05) is 7.05 Å². The minimum absolute atomic E-state index is 0.0413. The summed E-state index contributed by atoms with van der Waals surface area (Å²) in [6, 6.07) is 4.10. The van der Waals surface area contributed by atoms with Crippen molar-refractivity contribution in [3.05, 3.63) is 29.8 Å². The Kier molecular flexibility index (Phi) is 3.57. The molecule has 100 valence electrons. The molecule has 0 bridgehead atoms. The molecule has 18 heavy (non-hydrogen) atoms. The molecule has 0 amide bonds. The molecular weight excluding hydrogens is 236 g/mol. The molecule has 0 aromatic heterocycles. The van der Waals surface area contributed by atoms with E-state index < -0.39 is 11.6 Å². The van der Waals surface area contributed by atoms with Gasteiger partial charge in [-0.2, -0.15) is 0 Å². The van der Waals surface area contributed by atoms with Gasteiger partial charge in [-0.15, -0.1) is 0 Å². The minimum atomic E-state index is -0.866. The summed E-state index contributed by atoms with van der Waals surface area (Å²) in [5.74, 6) is -1.31. The first-order valence-corrected chi connectivity index (χ1v) is 6.30. The normalized spacial score (nSPS) is 30.9. The lowest BCUT2D eigenvalue weighted by atomic mass is 9.61. The largest absolute Gasteiger partial charge is 0.490 e. The van der Waals surface area contributed by atoms with Crippen molar-refractivity contribution in [3.63, 3.8) is 0 Å². The second kappa shape index (κ2) is 4.84. The van der Waals surface area contributed by atoms with Crippen LogP contribution in [0.15, 0.2) is 18.2 Å². The lowest BCUT2D eigenvalue weighted by molar-refractivity contribution is -0.0678. The lowest BCUT2D eigenvalue weighted by Gasteiger charge is -2.53. The van der Waals surface area contributed by atoms with Gasteiger partial charge in [-0.05, 0) is 25.6 Å². The van der Waals surface area contributed by atoms with E-state index in [0.717, 1.165) is 25.0 Å². The summed E-state index contributed by atoms with van der Waals surface area (Å²) >= 11 is 0. The fourth-order valence-corrected chi connectivity index (χ4v) is 2.64. The third-order valence-corrected chi connectivity index (χ3v) is 4.26. The molecule has 3 unspecified atom stereocenters. The summed E-state index contributed by atoms with van der Waals surface area (Å²) in [6.45, 7) is 4.27. The second-order valence-electron chi connectivity index (χ2n) is 5.12. The highest BCUT2D eigenvalue weighted by Crippen LogP contribution is 2.45. The maximum absolute atomic E-state index is 13.1. The van der Waals surface area contributed by atoms with Crippen molar-refractivity contribution < 1.29 is 13.5 Å². The predicted molar refractivity (Wildman–Crippen MR) is 66.6 cm³/mol. The molecule has 2 rings (SSSR count). The smallest absolute Gasteiger partial charge is 0.162 e. The Morgan fingerprint density at radius 2 is 2.11 bits per heavy atom. The van der Waals surface area contributed by atoms with Crippen LogP contribution in [0, 0.1) is 17.0 Å².